The Morgan fingerprint density at radius 2 is 1.86 bits per heavy atom. The molecule has 2 aliphatic rings. The van der Waals surface area contributed by atoms with Gasteiger partial charge in [0.2, 0.25) is 14.9 Å². The van der Waals surface area contributed by atoms with Gasteiger partial charge in [0.05, 0.1) is 24.6 Å². The number of fused-ring (bicyclic) bond motifs is 1. The molecule has 1 fully saturated rings. The number of methoxy groups -OCH3 is 1. The lowest BCUT2D eigenvalue weighted by Gasteiger charge is -2.54. The number of benzene rings is 1. The van der Waals surface area contributed by atoms with E-state index in [2.05, 4.69) is 0 Å². The van der Waals surface area contributed by atoms with Crippen LogP contribution in [0.5, 0.6) is 0 Å². The molecule has 35 heavy (non-hydrogen) atoms. The van der Waals surface area contributed by atoms with Crippen LogP contribution in [0.3, 0.4) is 0 Å². The Labute approximate surface area is 206 Å². The number of carboxylic acid groups (broad SMARTS) is 1. The fourth-order valence-corrected chi connectivity index (χ4v) is 5.61. The smallest absolute Gasteiger partial charge is 0.395 e. The average Bonchev–Trinajstić information content (AvgIpc) is 2.78. The van der Waals surface area contributed by atoms with Crippen LogP contribution in [-0.4, -0.2) is 68.3 Å². The number of hydrogen-bond acceptors (Lipinski definition) is 7. The quantitative estimate of drug-likeness (QED) is 0.272. The number of carboxylic acids is 1. The van der Waals surface area contributed by atoms with Crippen LogP contribution < -0.4 is 0 Å². The lowest BCUT2D eigenvalue weighted by molar-refractivity contribution is -0.182. The number of rotatable bonds is 6. The summed E-state index contributed by atoms with van der Waals surface area (Å²) >= 11 is 0. The maximum Gasteiger partial charge on any atom is 0.395 e. The number of carbonyl (C=O) groups is 5. The van der Waals surface area contributed by atoms with Crippen LogP contribution in [0.15, 0.2) is 18.2 Å². The Kier molecular flexibility index (Phi) is 7.66. The van der Waals surface area contributed by atoms with Crippen molar-refractivity contribution in [2.75, 3.05) is 13.7 Å². The number of amides is 2. The van der Waals surface area contributed by atoms with Crippen molar-refractivity contribution in [3.63, 3.8) is 0 Å². The summed E-state index contributed by atoms with van der Waals surface area (Å²) in [7, 11) is 0.180. The van der Waals surface area contributed by atoms with Gasteiger partial charge >= 0.3 is 17.8 Å². The van der Waals surface area contributed by atoms with Crippen molar-refractivity contribution in [3.05, 3.63) is 34.9 Å². The molecule has 1 radical (unpaired) electrons. The summed E-state index contributed by atoms with van der Waals surface area (Å²) in [5, 5.41) is 9.36. The van der Waals surface area contributed by atoms with Crippen LogP contribution >= 0.6 is 0 Å². The van der Waals surface area contributed by atoms with Crippen LogP contribution in [0.25, 0.3) is 0 Å². The molecule has 4 atom stereocenters. The molecule has 2 amide bonds. The van der Waals surface area contributed by atoms with E-state index in [1.54, 1.807) is 12.1 Å². The van der Waals surface area contributed by atoms with Gasteiger partial charge in [-0.1, -0.05) is 26.8 Å². The molecule has 1 aromatic carbocycles. The third-order valence-corrected chi connectivity index (χ3v) is 7.70. The number of likely N-dealkylation sites (tertiary alicyclic amines) is 1. The zero-order valence-corrected chi connectivity index (χ0v) is 21.9. The highest BCUT2D eigenvalue weighted by Gasteiger charge is 2.61. The Morgan fingerprint density at radius 1 is 1.20 bits per heavy atom. The van der Waals surface area contributed by atoms with Gasteiger partial charge < -0.3 is 14.3 Å². The van der Waals surface area contributed by atoms with Crippen molar-refractivity contribution in [3.8, 4) is 0 Å². The standard InChI is InChI=1S/C25H32NO8Si/c1-25(2,3)17(12-34-35(5)6)18-19(26(21(18)28)22(29)23(30)31)15-10-9-13-7-8-14(24(32)33-4)11-16(13)20(15)27/h7-8,11,15,17-19H,9-10,12H2,1-6H3,(H,30,31)/t15-,17-,18+,19-/m1/s1. The lowest BCUT2D eigenvalue weighted by Crippen LogP contribution is -2.71. The van der Waals surface area contributed by atoms with Crippen LogP contribution in [-0.2, 0) is 30.0 Å². The first kappa shape index (κ1) is 26.7. The minimum atomic E-state index is -1.74. The maximum absolute atomic E-state index is 13.7. The molecule has 1 N–H and O–H groups in total. The molecule has 0 aromatic heterocycles. The predicted octanol–water partition coefficient (Wildman–Crippen LogP) is 2.59. The van der Waals surface area contributed by atoms with Gasteiger partial charge in [-0.05, 0) is 55.0 Å². The highest BCUT2D eigenvalue weighted by atomic mass is 28.3. The first-order valence-corrected chi connectivity index (χ1v) is 14.0. The van der Waals surface area contributed by atoms with Gasteiger partial charge in [-0.15, -0.1) is 0 Å². The van der Waals surface area contributed by atoms with E-state index in [9.17, 15) is 29.1 Å². The monoisotopic (exact) mass is 502 g/mol. The van der Waals surface area contributed by atoms with Crippen LogP contribution in [0, 0.1) is 23.2 Å². The minimum Gasteiger partial charge on any atom is -0.474 e. The Hall–Kier alpha value is -2.85. The molecule has 189 valence electrons. The van der Waals surface area contributed by atoms with E-state index < -0.39 is 56.1 Å². The SMILES string of the molecule is COC(=O)c1ccc2c(c1)C(=O)[C@@H]([C@@H]1[C@H]([C@@H](CO[Si](C)C)C(C)(C)C)C(=O)N1C(=O)C(=O)O)CC2. The molecule has 0 spiro atoms. The van der Waals surface area contributed by atoms with Crippen molar-refractivity contribution >= 4 is 38.6 Å². The average molecular weight is 503 g/mol. The van der Waals surface area contributed by atoms with Crippen molar-refractivity contribution in [1.29, 1.82) is 0 Å². The van der Waals surface area contributed by atoms with Crippen molar-refractivity contribution in [1.82, 2.24) is 4.90 Å². The number of imide groups is 1. The Bertz CT molecular complexity index is 1060. The molecule has 9 nitrogen and oxygen atoms in total. The molecule has 0 bridgehead atoms. The molecular weight excluding hydrogens is 470 g/mol. The fraction of sp³-hybridized carbons (Fsp3) is 0.560. The highest BCUT2D eigenvalue weighted by Crippen LogP contribution is 2.47. The third kappa shape index (κ3) is 5.08. The minimum absolute atomic E-state index is 0.224. The number of ketones is 1. The van der Waals surface area contributed by atoms with Gasteiger partial charge in [0.1, 0.15) is 0 Å². The molecule has 10 heteroatoms. The topological polar surface area (TPSA) is 127 Å². The van der Waals surface area contributed by atoms with Crippen molar-refractivity contribution in [2.45, 2.75) is 52.7 Å². The van der Waals surface area contributed by atoms with Gasteiger partial charge in [-0.3, -0.25) is 19.3 Å². The number of nitrogens with zero attached hydrogens (tertiary/aromatic N) is 1. The van der Waals surface area contributed by atoms with Gasteiger partial charge in [0.15, 0.2) is 5.78 Å². The van der Waals surface area contributed by atoms with Gasteiger partial charge in [-0.25, -0.2) is 9.59 Å². The molecule has 1 aliphatic carbocycles. The molecule has 1 aliphatic heterocycles. The van der Waals surface area contributed by atoms with E-state index in [1.807, 2.05) is 33.9 Å². The number of Topliss-reactive ketones (excluding diaryl/α,β-unsaturated/α-hetero) is 1. The molecule has 0 saturated carbocycles. The summed E-state index contributed by atoms with van der Waals surface area (Å²) < 4.78 is 10.7. The van der Waals surface area contributed by atoms with E-state index in [-0.39, 0.29) is 23.9 Å². The number of hydrogen-bond donors (Lipinski definition) is 1. The Balaban J connectivity index is 2.04. The van der Waals surface area contributed by atoms with E-state index in [4.69, 9.17) is 9.16 Å². The van der Waals surface area contributed by atoms with Crippen LogP contribution in [0.1, 0.15) is 53.5 Å². The van der Waals surface area contributed by atoms with Crippen molar-refractivity contribution in [2.24, 2.45) is 23.2 Å². The van der Waals surface area contributed by atoms with Gasteiger partial charge in [0, 0.05) is 18.1 Å². The zero-order chi connectivity index (χ0) is 26.2. The molecular formula is C25H32NO8Si. The number of aryl methyl sites for hydroxylation is 1. The molecule has 1 aromatic rings. The molecule has 1 saturated heterocycles. The largest absolute Gasteiger partial charge is 0.474 e. The second-order valence-electron chi connectivity index (χ2n) is 10.4. The van der Waals surface area contributed by atoms with E-state index >= 15 is 0 Å². The van der Waals surface area contributed by atoms with Crippen LogP contribution in [0.4, 0.5) is 0 Å². The summed E-state index contributed by atoms with van der Waals surface area (Å²) in [4.78, 5) is 63.7. The molecule has 0 unspecified atom stereocenters. The van der Waals surface area contributed by atoms with Crippen molar-refractivity contribution < 1.29 is 38.2 Å². The maximum atomic E-state index is 13.7. The zero-order valence-electron chi connectivity index (χ0n) is 20.9. The summed E-state index contributed by atoms with van der Waals surface area (Å²) in [6.45, 7) is 10.1. The van der Waals surface area contributed by atoms with E-state index in [1.165, 1.54) is 13.2 Å². The highest BCUT2D eigenvalue weighted by molar-refractivity contribution is 6.48. The number of esters is 1. The Morgan fingerprint density at radius 3 is 2.40 bits per heavy atom. The second kappa shape index (κ2) is 10.0. The lowest BCUT2D eigenvalue weighted by atomic mass is 9.61. The van der Waals surface area contributed by atoms with Gasteiger partial charge in [0.25, 0.3) is 0 Å². The summed E-state index contributed by atoms with van der Waals surface area (Å²) in [5.41, 5.74) is 0.918. The summed E-state index contributed by atoms with van der Waals surface area (Å²) in [6.07, 6.45) is 0.850. The number of β-lactam (4-membered cyclic amide) rings is 1. The van der Waals surface area contributed by atoms with Gasteiger partial charge in [-0.2, -0.15) is 0 Å². The predicted molar refractivity (Wildman–Crippen MR) is 127 cm³/mol. The normalized spacial score (nSPS) is 22.9. The first-order valence-electron chi connectivity index (χ1n) is 11.6. The summed E-state index contributed by atoms with van der Waals surface area (Å²) in [5.74, 6) is -6.40. The summed E-state index contributed by atoms with van der Waals surface area (Å²) in [6, 6.07) is 3.88. The molecule has 3 rings (SSSR count). The number of ether oxygens (including phenoxy) is 1. The number of carbonyl (C=O) groups excluding carboxylic acids is 4. The van der Waals surface area contributed by atoms with E-state index in [0.29, 0.717) is 18.4 Å². The van der Waals surface area contributed by atoms with E-state index in [0.717, 1.165) is 10.5 Å². The molecule has 1 heterocycles. The number of aliphatic carboxylic acids is 1. The first-order chi connectivity index (χ1) is 16.3. The second-order valence-corrected chi connectivity index (χ2v) is 12.5. The van der Waals surface area contributed by atoms with Crippen LogP contribution in [0.2, 0.25) is 13.1 Å². The third-order valence-electron chi connectivity index (χ3n) is 6.96. The fourth-order valence-electron chi connectivity index (χ4n) is 5.10.